The van der Waals surface area contributed by atoms with Crippen molar-refractivity contribution in [2.45, 2.75) is 55.2 Å². The predicted octanol–water partition coefficient (Wildman–Crippen LogP) is 6.40. The number of hydrogen-bond donors (Lipinski definition) is 1. The molecule has 0 saturated heterocycles. The molecular weight excluding hydrogens is 380 g/mol. The van der Waals surface area contributed by atoms with Crippen molar-refractivity contribution in [2.24, 2.45) is 11.8 Å². The summed E-state index contributed by atoms with van der Waals surface area (Å²) >= 11 is 1.66. The van der Waals surface area contributed by atoms with Crippen LogP contribution in [0, 0.1) is 11.8 Å². The number of rotatable bonds is 8. The summed E-state index contributed by atoms with van der Waals surface area (Å²) < 4.78 is 5.60. The number of methoxy groups -OCH3 is 1. The lowest BCUT2D eigenvalue weighted by Crippen LogP contribution is -2.15. The van der Waals surface area contributed by atoms with E-state index in [1.807, 2.05) is 30.3 Å². The van der Waals surface area contributed by atoms with Crippen molar-refractivity contribution in [3.05, 3.63) is 65.7 Å². The van der Waals surface area contributed by atoms with E-state index in [0.29, 0.717) is 5.92 Å². The van der Waals surface area contributed by atoms with E-state index in [1.165, 1.54) is 24.0 Å². The van der Waals surface area contributed by atoms with Gasteiger partial charge in [-0.3, -0.25) is 4.79 Å². The third-order valence-electron chi connectivity index (χ3n) is 5.51. The fourth-order valence-corrected chi connectivity index (χ4v) is 5.31. The summed E-state index contributed by atoms with van der Waals surface area (Å²) in [5.74, 6) is 1.58. The van der Waals surface area contributed by atoms with Crippen molar-refractivity contribution in [3.8, 4) is 5.75 Å². The quantitative estimate of drug-likeness (QED) is 0.512. The number of carboxylic acids is 1. The molecule has 2 aromatic carbocycles. The van der Waals surface area contributed by atoms with Crippen LogP contribution in [0.2, 0.25) is 0 Å². The third kappa shape index (κ3) is 6.40. The average molecular weight is 411 g/mol. The summed E-state index contributed by atoms with van der Waals surface area (Å²) in [5.41, 5.74) is 3.46. The summed E-state index contributed by atoms with van der Waals surface area (Å²) in [5, 5.41) is 9.01. The first-order valence-electron chi connectivity index (χ1n) is 10.2. The number of aryl methyl sites for hydroxylation is 1. The maximum Gasteiger partial charge on any atom is 0.307 e. The fourth-order valence-electron chi connectivity index (χ4n) is 4.34. The molecule has 29 heavy (non-hydrogen) atoms. The van der Waals surface area contributed by atoms with Gasteiger partial charge in [0.15, 0.2) is 0 Å². The summed E-state index contributed by atoms with van der Waals surface area (Å²) in [6, 6.07) is 14.1. The molecule has 1 N–H and O–H groups in total. The first-order valence-corrected chi connectivity index (χ1v) is 11.1. The molecule has 1 aliphatic carbocycles. The minimum absolute atomic E-state index is 0.0490. The van der Waals surface area contributed by atoms with Gasteiger partial charge < -0.3 is 9.84 Å². The lowest BCUT2D eigenvalue weighted by atomic mass is 9.77. The first kappa shape index (κ1) is 21.5. The third-order valence-corrected chi connectivity index (χ3v) is 6.49. The minimum atomic E-state index is -0.807. The smallest absolute Gasteiger partial charge is 0.307 e. The van der Waals surface area contributed by atoms with Crippen LogP contribution >= 0.6 is 11.8 Å². The average Bonchev–Trinajstić information content (AvgIpc) is 2.65. The highest BCUT2D eigenvalue weighted by Crippen LogP contribution is 2.36. The zero-order chi connectivity index (χ0) is 20.8. The van der Waals surface area contributed by atoms with Crippen molar-refractivity contribution in [1.82, 2.24) is 0 Å². The van der Waals surface area contributed by atoms with Crippen molar-refractivity contribution >= 4 is 17.7 Å². The molecule has 1 fully saturated rings. The predicted molar refractivity (Wildman–Crippen MR) is 119 cm³/mol. The molecule has 154 valence electrons. The Morgan fingerprint density at radius 2 is 2.00 bits per heavy atom. The molecule has 3 rings (SSSR count). The molecule has 2 aromatic rings. The van der Waals surface area contributed by atoms with Crippen LogP contribution in [-0.4, -0.2) is 18.2 Å². The topological polar surface area (TPSA) is 46.5 Å². The lowest BCUT2D eigenvalue weighted by Gasteiger charge is -2.28. The maximum absolute atomic E-state index is 11.0. The van der Waals surface area contributed by atoms with Gasteiger partial charge >= 0.3 is 5.97 Å². The highest BCUT2D eigenvalue weighted by molar-refractivity contribution is 7.99. The molecule has 2 unspecified atom stereocenters. The number of carboxylic acid groups (broad SMARTS) is 1. The van der Waals surface area contributed by atoms with Crippen molar-refractivity contribution in [2.75, 3.05) is 7.11 Å². The Bertz CT molecular complexity index is 874. The highest BCUT2D eigenvalue weighted by Gasteiger charge is 2.21. The molecule has 2 atom stereocenters. The summed E-state index contributed by atoms with van der Waals surface area (Å²) in [4.78, 5) is 13.2. The monoisotopic (exact) mass is 410 g/mol. The Labute approximate surface area is 178 Å². The van der Waals surface area contributed by atoms with Gasteiger partial charge in [0.25, 0.3) is 0 Å². The van der Waals surface area contributed by atoms with E-state index >= 15 is 0 Å². The van der Waals surface area contributed by atoms with Crippen LogP contribution in [0.25, 0.3) is 0 Å². The van der Waals surface area contributed by atoms with Gasteiger partial charge in [-0.05, 0) is 85.4 Å². The Morgan fingerprint density at radius 1 is 1.21 bits per heavy atom. The Morgan fingerprint density at radius 3 is 2.72 bits per heavy atom. The largest absolute Gasteiger partial charge is 0.496 e. The molecule has 0 aromatic heterocycles. The van der Waals surface area contributed by atoms with Gasteiger partial charge in [0.1, 0.15) is 5.75 Å². The van der Waals surface area contributed by atoms with Crippen LogP contribution < -0.4 is 4.74 Å². The Kier molecular flexibility index (Phi) is 7.43. The van der Waals surface area contributed by atoms with E-state index in [1.54, 1.807) is 18.9 Å². The molecule has 0 amide bonds. The van der Waals surface area contributed by atoms with E-state index in [4.69, 9.17) is 9.84 Å². The second-order valence-corrected chi connectivity index (χ2v) is 9.34. The van der Waals surface area contributed by atoms with Crippen LogP contribution in [-0.2, 0) is 17.6 Å². The van der Waals surface area contributed by atoms with E-state index in [-0.39, 0.29) is 6.42 Å². The number of hydrogen-bond acceptors (Lipinski definition) is 3. The minimum Gasteiger partial charge on any atom is -0.496 e. The van der Waals surface area contributed by atoms with E-state index < -0.39 is 5.97 Å². The molecule has 1 saturated carbocycles. The van der Waals surface area contributed by atoms with Crippen molar-refractivity contribution < 1.29 is 14.6 Å². The van der Waals surface area contributed by atoms with E-state index in [2.05, 4.69) is 25.6 Å². The highest BCUT2D eigenvalue weighted by atomic mass is 32.2. The second kappa shape index (κ2) is 10.0. The van der Waals surface area contributed by atoms with Gasteiger partial charge in [0, 0.05) is 9.79 Å². The standard InChI is InChI=1S/C25H30O3S/c1-17-11-18(2)13-20(12-17)7-8-21-16-23(9-10-24(21)28-3)29-22-6-4-5-19(14-22)15-25(26)27/h4-6,9-10,14,16,18,20H,1,7-8,11-13,15H2,2-3H3,(H,26,27). The van der Waals surface area contributed by atoms with Gasteiger partial charge in [-0.15, -0.1) is 0 Å². The van der Waals surface area contributed by atoms with Crippen LogP contribution in [0.5, 0.6) is 5.75 Å². The molecule has 1 aliphatic rings. The van der Waals surface area contributed by atoms with Crippen LogP contribution in [0.4, 0.5) is 0 Å². The molecule has 3 nitrogen and oxygen atoms in total. The number of ether oxygens (including phenoxy) is 1. The zero-order valence-electron chi connectivity index (χ0n) is 17.3. The molecule has 0 aliphatic heterocycles. The van der Waals surface area contributed by atoms with Crippen LogP contribution in [0.3, 0.4) is 0 Å². The van der Waals surface area contributed by atoms with Crippen LogP contribution in [0.15, 0.2) is 64.4 Å². The lowest BCUT2D eigenvalue weighted by molar-refractivity contribution is -0.136. The van der Waals surface area contributed by atoms with Crippen molar-refractivity contribution in [3.63, 3.8) is 0 Å². The summed E-state index contributed by atoms with van der Waals surface area (Å²) in [6.07, 6.45) is 5.81. The Hall–Kier alpha value is -2.20. The van der Waals surface area contributed by atoms with Crippen LogP contribution in [0.1, 0.15) is 43.7 Å². The fraction of sp³-hybridized carbons (Fsp3) is 0.400. The molecular formula is C25H30O3S. The number of allylic oxidation sites excluding steroid dienone is 1. The first-order chi connectivity index (χ1) is 13.9. The Balaban J connectivity index is 1.70. The molecule has 0 radical (unpaired) electrons. The molecule has 4 heteroatoms. The van der Waals surface area contributed by atoms with E-state index in [9.17, 15) is 4.79 Å². The van der Waals surface area contributed by atoms with Gasteiger partial charge in [-0.2, -0.15) is 0 Å². The van der Waals surface area contributed by atoms with E-state index in [0.717, 1.165) is 46.3 Å². The van der Waals surface area contributed by atoms with Crippen molar-refractivity contribution in [1.29, 1.82) is 0 Å². The second-order valence-electron chi connectivity index (χ2n) is 8.20. The maximum atomic E-state index is 11.0. The van der Waals surface area contributed by atoms with Gasteiger partial charge in [0.05, 0.1) is 13.5 Å². The molecule has 0 heterocycles. The molecule has 0 bridgehead atoms. The SMILES string of the molecule is C=C1CC(C)CC(CCc2cc(Sc3cccc(CC(=O)O)c3)ccc2OC)C1. The number of carbonyl (C=O) groups is 1. The van der Waals surface area contributed by atoms with Gasteiger partial charge in [-0.1, -0.05) is 43.0 Å². The zero-order valence-corrected chi connectivity index (χ0v) is 18.1. The number of benzene rings is 2. The summed E-state index contributed by atoms with van der Waals surface area (Å²) in [6.45, 7) is 6.55. The van der Waals surface area contributed by atoms with Gasteiger partial charge in [-0.25, -0.2) is 0 Å². The normalized spacial score (nSPS) is 19.2. The van der Waals surface area contributed by atoms with Gasteiger partial charge in [0.2, 0.25) is 0 Å². The summed E-state index contributed by atoms with van der Waals surface area (Å²) in [7, 11) is 1.73. The molecule has 0 spiro atoms. The number of aliphatic carboxylic acids is 1.